The van der Waals surface area contributed by atoms with Gasteiger partial charge in [0.1, 0.15) is 0 Å². The van der Waals surface area contributed by atoms with Crippen LogP contribution in [0.25, 0.3) is 0 Å². The SMILES string of the molecule is [2H]C=CC1[C@H]([2H])[C@H]1[2H]. The smallest absolute Gasteiger partial charge is 0.0535 e. The summed E-state index contributed by atoms with van der Waals surface area (Å²) in [7, 11) is 0. The summed E-state index contributed by atoms with van der Waals surface area (Å²) in [5.74, 6) is 0.0486. The first kappa shape index (κ1) is 1.11. The first-order valence-electron chi connectivity index (χ1n) is 3.40. The van der Waals surface area contributed by atoms with Gasteiger partial charge in [-0.1, -0.05) is 6.08 Å². The van der Waals surface area contributed by atoms with Crippen molar-refractivity contribution < 1.29 is 4.11 Å². The van der Waals surface area contributed by atoms with Gasteiger partial charge >= 0.3 is 0 Å². The maximum Gasteiger partial charge on any atom is 0.0535 e. The van der Waals surface area contributed by atoms with Gasteiger partial charge in [0.15, 0.2) is 0 Å². The number of allylic oxidation sites excluding steroid dienone is 1. The van der Waals surface area contributed by atoms with E-state index in [4.69, 9.17) is 4.11 Å². The second kappa shape index (κ2) is 0.852. The highest BCUT2D eigenvalue weighted by Gasteiger charge is 2.15. The largest absolute Gasteiger partial charge is 0.103 e. The molecular formula is C5H8. The van der Waals surface area contributed by atoms with Crippen molar-refractivity contribution in [2.24, 2.45) is 5.92 Å². The number of hydrogen-bond donors (Lipinski definition) is 0. The molecule has 0 aromatic rings. The molecule has 1 fully saturated rings. The zero-order valence-corrected chi connectivity index (χ0v) is 2.89. The highest BCUT2D eigenvalue weighted by atomic mass is 14.2. The van der Waals surface area contributed by atoms with Crippen LogP contribution in [0.1, 0.15) is 16.9 Å². The molecule has 0 aliphatic heterocycles. The lowest BCUT2D eigenvalue weighted by Crippen LogP contribution is -1.50. The molecular weight excluding hydrogens is 60.1 g/mol. The summed E-state index contributed by atoms with van der Waals surface area (Å²) >= 11 is 0. The molecule has 0 nitrogen and oxygen atoms in total. The van der Waals surface area contributed by atoms with Gasteiger partial charge in [0.05, 0.1) is 1.37 Å². The van der Waals surface area contributed by atoms with E-state index in [1.165, 1.54) is 6.55 Å². The molecule has 0 aromatic heterocycles. The molecule has 0 heteroatoms. The van der Waals surface area contributed by atoms with Crippen LogP contribution < -0.4 is 0 Å². The second-order valence-electron chi connectivity index (χ2n) is 1.15. The highest BCUT2D eigenvalue weighted by molar-refractivity contribution is 4.88. The third-order valence-corrected chi connectivity index (χ3v) is 0.637. The van der Waals surface area contributed by atoms with Gasteiger partial charge in [0.2, 0.25) is 0 Å². The molecule has 0 aromatic carbocycles. The molecule has 0 N–H and O–H groups in total. The quantitative estimate of drug-likeness (QED) is 0.412. The van der Waals surface area contributed by atoms with E-state index >= 15 is 0 Å². The van der Waals surface area contributed by atoms with Crippen molar-refractivity contribution in [2.75, 3.05) is 0 Å². The van der Waals surface area contributed by atoms with Gasteiger partial charge < -0.3 is 0 Å². The van der Waals surface area contributed by atoms with Crippen molar-refractivity contribution in [3.8, 4) is 0 Å². The molecule has 1 rings (SSSR count). The highest BCUT2D eigenvalue weighted by Crippen LogP contribution is 2.28. The van der Waals surface area contributed by atoms with E-state index in [0.29, 0.717) is 0 Å². The maximum absolute atomic E-state index is 7.04. The van der Waals surface area contributed by atoms with Crippen LogP contribution in [0.3, 0.4) is 0 Å². The zero-order chi connectivity index (χ0) is 6.15. The van der Waals surface area contributed by atoms with Crippen LogP contribution in [0.5, 0.6) is 0 Å². The van der Waals surface area contributed by atoms with Crippen LogP contribution >= 0.6 is 0 Å². The molecule has 0 amide bonds. The topological polar surface area (TPSA) is 0 Å². The van der Waals surface area contributed by atoms with Crippen LogP contribution in [-0.4, -0.2) is 0 Å². The van der Waals surface area contributed by atoms with E-state index in [1.54, 1.807) is 6.08 Å². The number of rotatable bonds is 1. The Kier molecular flexibility index (Phi) is 0.189. The Labute approximate surface area is 36.7 Å². The Bertz CT molecular complexity index is 102. The lowest BCUT2D eigenvalue weighted by Gasteiger charge is -1.63. The van der Waals surface area contributed by atoms with E-state index in [-0.39, 0.29) is 18.7 Å². The normalized spacial score (nSPS) is 73.6. The van der Waals surface area contributed by atoms with E-state index in [2.05, 4.69) is 0 Å². The first-order valence-corrected chi connectivity index (χ1v) is 1.67. The van der Waals surface area contributed by atoms with E-state index in [0.717, 1.165) is 0 Å². The minimum absolute atomic E-state index is 0.0486. The van der Waals surface area contributed by atoms with Gasteiger partial charge in [-0.25, -0.2) is 0 Å². The molecule has 0 bridgehead atoms. The molecule has 0 unspecified atom stereocenters. The average molecular weight is 71.1 g/mol. The zero-order valence-electron chi connectivity index (χ0n) is 5.89. The van der Waals surface area contributed by atoms with Crippen molar-refractivity contribution in [2.45, 2.75) is 12.8 Å². The van der Waals surface area contributed by atoms with Gasteiger partial charge in [-0.2, -0.15) is 0 Å². The van der Waals surface area contributed by atoms with Crippen molar-refractivity contribution in [3.05, 3.63) is 12.6 Å². The van der Waals surface area contributed by atoms with Crippen molar-refractivity contribution >= 4 is 0 Å². The molecule has 28 valence electrons. The molecule has 0 spiro atoms. The Morgan fingerprint density at radius 2 is 3.00 bits per heavy atom. The second-order valence-corrected chi connectivity index (χ2v) is 1.15. The van der Waals surface area contributed by atoms with Gasteiger partial charge in [0, 0.05) is 2.74 Å². The molecule has 5 heavy (non-hydrogen) atoms. The van der Waals surface area contributed by atoms with Gasteiger partial charge in [0.25, 0.3) is 0 Å². The van der Waals surface area contributed by atoms with Crippen LogP contribution in [0.4, 0.5) is 0 Å². The lowest BCUT2D eigenvalue weighted by atomic mass is 10.4. The van der Waals surface area contributed by atoms with Crippen molar-refractivity contribution in [3.63, 3.8) is 0 Å². The summed E-state index contributed by atoms with van der Waals surface area (Å²) in [6.07, 6.45) is 1.10. The fourth-order valence-corrected chi connectivity index (χ4v) is 0.192. The Hall–Kier alpha value is -0.260. The third kappa shape index (κ3) is 0.504. The van der Waals surface area contributed by atoms with Gasteiger partial charge in [-0.05, 0) is 18.7 Å². The van der Waals surface area contributed by atoms with E-state index < -0.39 is 0 Å². The summed E-state index contributed by atoms with van der Waals surface area (Å²) in [6.45, 7) is 1.17. The predicted molar refractivity (Wildman–Crippen MR) is 22.9 cm³/mol. The Morgan fingerprint density at radius 3 is 3.20 bits per heavy atom. The van der Waals surface area contributed by atoms with E-state index in [9.17, 15) is 0 Å². The first-order chi connectivity index (χ1) is 3.77. The van der Waals surface area contributed by atoms with Crippen molar-refractivity contribution in [1.29, 1.82) is 0 Å². The Balaban J connectivity index is 2.33. The molecule has 0 radical (unpaired) electrons. The summed E-state index contributed by atoms with van der Waals surface area (Å²) in [5.41, 5.74) is 0. The summed E-state index contributed by atoms with van der Waals surface area (Å²) in [6, 6.07) is 0. The summed E-state index contributed by atoms with van der Waals surface area (Å²) < 4.78 is 20.7. The molecule has 0 heterocycles. The predicted octanol–water partition coefficient (Wildman–Crippen LogP) is 1.58. The third-order valence-electron chi connectivity index (χ3n) is 0.637. The van der Waals surface area contributed by atoms with Crippen LogP contribution in [0.15, 0.2) is 12.6 Å². The number of hydrogen-bond acceptors (Lipinski definition) is 0. The van der Waals surface area contributed by atoms with Crippen LogP contribution in [0, 0.1) is 5.92 Å². The molecule has 1 aliphatic rings. The van der Waals surface area contributed by atoms with Crippen molar-refractivity contribution in [1.82, 2.24) is 0 Å². The van der Waals surface area contributed by atoms with Crippen LogP contribution in [-0.2, 0) is 0 Å². The monoisotopic (exact) mass is 71.1 g/mol. The fraction of sp³-hybridized carbons (Fsp3) is 0.600. The minimum Gasteiger partial charge on any atom is -0.103 e. The maximum atomic E-state index is 7.04. The molecule has 1 aliphatic carbocycles. The summed E-state index contributed by atoms with van der Waals surface area (Å²) in [5, 5.41) is 0. The van der Waals surface area contributed by atoms with Gasteiger partial charge in [-0.3, -0.25) is 0 Å². The Morgan fingerprint density at radius 1 is 2.20 bits per heavy atom. The molecule has 2 atom stereocenters. The lowest BCUT2D eigenvalue weighted by molar-refractivity contribution is 1.13. The molecule has 1 saturated carbocycles. The fourth-order valence-electron chi connectivity index (χ4n) is 0.192. The van der Waals surface area contributed by atoms with Gasteiger partial charge in [-0.15, -0.1) is 6.55 Å². The average Bonchev–Trinajstić information content (AvgIpc) is 2.25. The van der Waals surface area contributed by atoms with E-state index in [1.807, 2.05) is 0 Å². The summed E-state index contributed by atoms with van der Waals surface area (Å²) in [4.78, 5) is 0. The molecule has 0 saturated heterocycles. The minimum atomic E-state index is -0.253. The van der Waals surface area contributed by atoms with Crippen LogP contribution in [0.2, 0.25) is 0 Å². The standard InChI is InChI=1S/C5H8/c1-2-5-3-4-5/h2,5H,1,3-4H2/i1D,3D,4D/t3-,4-/m1/s1.